The van der Waals surface area contributed by atoms with E-state index in [0.29, 0.717) is 12.8 Å². The Morgan fingerprint density at radius 2 is 1.61 bits per heavy atom. The molecule has 0 amide bonds. The molecule has 0 saturated carbocycles. The lowest BCUT2D eigenvalue weighted by Gasteiger charge is -2.11. The molecule has 0 N–H and O–H groups in total. The molecule has 0 atom stereocenters. The molecular formula is C13H24O4S. The van der Waals surface area contributed by atoms with E-state index in [4.69, 9.17) is 9.47 Å². The molecule has 0 fully saturated rings. The number of hydrogen-bond acceptors (Lipinski definition) is 5. The summed E-state index contributed by atoms with van der Waals surface area (Å²) in [6.07, 6.45) is 0.539. The van der Waals surface area contributed by atoms with Crippen molar-refractivity contribution >= 4 is 17.3 Å². The van der Waals surface area contributed by atoms with Gasteiger partial charge in [-0.05, 0) is 10.8 Å². The summed E-state index contributed by atoms with van der Waals surface area (Å²) in [6, 6.07) is 4.04. The summed E-state index contributed by atoms with van der Waals surface area (Å²) in [5.74, 6) is -0.246. The minimum absolute atomic E-state index is 0.246. The van der Waals surface area contributed by atoms with Crippen LogP contribution in [0.25, 0.3) is 0 Å². The minimum atomic E-state index is -0.311. The third kappa shape index (κ3) is 13.2. The van der Waals surface area contributed by atoms with Crippen LogP contribution >= 0.6 is 11.3 Å². The third-order valence-corrected chi connectivity index (χ3v) is 2.39. The van der Waals surface area contributed by atoms with Crippen molar-refractivity contribution in [2.24, 2.45) is 0 Å². The van der Waals surface area contributed by atoms with Gasteiger partial charge in [0.2, 0.25) is 0 Å². The number of carbonyl (C=O) groups is 1. The summed E-state index contributed by atoms with van der Waals surface area (Å²) in [4.78, 5) is 10.6. The number of methoxy groups -OCH3 is 3. The maximum Gasteiger partial charge on any atom is 0.305 e. The van der Waals surface area contributed by atoms with Crippen LogP contribution in [0, 0.1) is 0 Å². The highest BCUT2D eigenvalue weighted by Crippen LogP contribution is 2.02. The van der Waals surface area contributed by atoms with Crippen molar-refractivity contribution in [2.75, 3.05) is 21.3 Å². The Labute approximate surface area is 114 Å². The highest BCUT2D eigenvalue weighted by Gasteiger charge is 2.08. The predicted molar refractivity (Wildman–Crippen MR) is 74.7 cm³/mol. The number of thiophene rings is 1. The van der Waals surface area contributed by atoms with Crippen LogP contribution in [0.2, 0.25) is 0 Å². The van der Waals surface area contributed by atoms with E-state index in [1.807, 2.05) is 36.7 Å². The van der Waals surface area contributed by atoms with Gasteiger partial charge in [0.1, 0.15) is 0 Å². The Morgan fingerprint density at radius 3 is 1.89 bits per heavy atom. The predicted octanol–water partition coefficient (Wildman–Crippen LogP) is 3.33. The van der Waals surface area contributed by atoms with E-state index in [9.17, 15) is 4.79 Å². The molecule has 0 bridgehead atoms. The van der Waals surface area contributed by atoms with E-state index in [0.717, 1.165) is 0 Å². The van der Waals surface area contributed by atoms with Gasteiger partial charge < -0.3 is 14.2 Å². The third-order valence-electron chi connectivity index (χ3n) is 1.76. The van der Waals surface area contributed by atoms with E-state index in [2.05, 4.69) is 4.74 Å². The lowest BCUT2D eigenvalue weighted by Crippen LogP contribution is -2.15. The highest BCUT2D eigenvalue weighted by atomic mass is 32.1. The summed E-state index contributed by atoms with van der Waals surface area (Å²) >= 11 is 1.71. The van der Waals surface area contributed by atoms with Gasteiger partial charge in [-0.25, -0.2) is 0 Å². The normalized spacial score (nSPS) is 8.78. The van der Waals surface area contributed by atoms with E-state index < -0.39 is 0 Å². The second-order valence-electron chi connectivity index (χ2n) is 2.81. The average molecular weight is 276 g/mol. The van der Waals surface area contributed by atoms with Crippen LogP contribution in [0.15, 0.2) is 22.9 Å². The van der Waals surface area contributed by atoms with E-state index in [1.54, 1.807) is 11.3 Å². The Kier molecular flexibility index (Phi) is 17.4. The molecule has 18 heavy (non-hydrogen) atoms. The molecule has 0 aromatic carbocycles. The largest absolute Gasteiger partial charge is 0.469 e. The molecule has 0 unspecified atom stereocenters. The topological polar surface area (TPSA) is 44.8 Å². The molecule has 0 aliphatic carbocycles. The van der Waals surface area contributed by atoms with E-state index >= 15 is 0 Å². The molecule has 0 saturated heterocycles. The molecule has 1 aromatic heterocycles. The summed E-state index contributed by atoms with van der Waals surface area (Å²) in [6.45, 7) is 4.00. The Morgan fingerprint density at radius 1 is 1.11 bits per heavy atom. The zero-order valence-electron chi connectivity index (χ0n) is 11.8. The molecular weight excluding hydrogens is 252 g/mol. The van der Waals surface area contributed by atoms with Crippen molar-refractivity contribution in [3.63, 3.8) is 0 Å². The monoisotopic (exact) mass is 276 g/mol. The maximum absolute atomic E-state index is 10.6. The van der Waals surface area contributed by atoms with Crippen molar-refractivity contribution in [1.29, 1.82) is 0 Å². The summed E-state index contributed by atoms with van der Waals surface area (Å²) in [5.41, 5.74) is 0. The number of hydrogen-bond donors (Lipinski definition) is 0. The first kappa shape index (κ1) is 19.4. The minimum Gasteiger partial charge on any atom is -0.469 e. The van der Waals surface area contributed by atoms with Crippen molar-refractivity contribution in [2.45, 2.75) is 33.0 Å². The second kappa shape index (κ2) is 16.1. The quantitative estimate of drug-likeness (QED) is 0.611. The molecule has 1 heterocycles. The first-order valence-corrected chi connectivity index (χ1v) is 6.78. The fourth-order valence-electron chi connectivity index (χ4n) is 0.896. The first-order valence-electron chi connectivity index (χ1n) is 5.84. The summed E-state index contributed by atoms with van der Waals surface area (Å²) in [7, 11) is 4.42. The lowest BCUT2D eigenvalue weighted by molar-refractivity contribution is -0.146. The van der Waals surface area contributed by atoms with Gasteiger partial charge in [-0.3, -0.25) is 4.79 Å². The Bertz CT molecular complexity index is 228. The van der Waals surface area contributed by atoms with Crippen molar-refractivity contribution in [3.05, 3.63) is 22.9 Å². The SMILES string of the molecule is CC.COC(=O)CCC(OC)OC.c1ccsc1. The van der Waals surface area contributed by atoms with Gasteiger partial charge in [0.15, 0.2) is 6.29 Å². The van der Waals surface area contributed by atoms with E-state index in [1.165, 1.54) is 21.3 Å². The zero-order valence-corrected chi connectivity index (χ0v) is 12.7. The fraction of sp³-hybridized carbons (Fsp3) is 0.615. The van der Waals surface area contributed by atoms with Gasteiger partial charge in [-0.15, -0.1) is 0 Å². The standard InChI is InChI=1S/C7H14O4.C4H4S.C2H6/c1-9-6(8)4-5-7(10-2)11-3;1-2-4-5-3-1;1-2/h7H,4-5H2,1-3H3;1-4H;1-2H3. The summed E-state index contributed by atoms with van der Waals surface area (Å²) in [5, 5.41) is 4.08. The van der Waals surface area contributed by atoms with Gasteiger partial charge >= 0.3 is 5.97 Å². The molecule has 0 aliphatic heterocycles. The molecule has 0 radical (unpaired) electrons. The van der Waals surface area contributed by atoms with E-state index in [-0.39, 0.29) is 12.3 Å². The van der Waals surface area contributed by atoms with Crippen molar-refractivity contribution in [1.82, 2.24) is 0 Å². The van der Waals surface area contributed by atoms with Crippen LogP contribution < -0.4 is 0 Å². The Hall–Kier alpha value is -0.910. The van der Waals surface area contributed by atoms with Crippen LogP contribution in [0.1, 0.15) is 26.7 Å². The van der Waals surface area contributed by atoms with Gasteiger partial charge in [0.25, 0.3) is 0 Å². The molecule has 4 nitrogen and oxygen atoms in total. The zero-order chi connectivity index (χ0) is 14.2. The van der Waals surface area contributed by atoms with Gasteiger partial charge in [0, 0.05) is 20.6 Å². The average Bonchev–Trinajstić information content (AvgIpc) is 3.01. The van der Waals surface area contributed by atoms with Crippen LogP contribution in [0.4, 0.5) is 0 Å². The fourth-order valence-corrected chi connectivity index (χ4v) is 1.35. The molecule has 5 heteroatoms. The highest BCUT2D eigenvalue weighted by molar-refractivity contribution is 7.07. The van der Waals surface area contributed by atoms with Gasteiger partial charge in [-0.1, -0.05) is 26.0 Å². The number of ether oxygens (including phenoxy) is 3. The molecule has 0 spiro atoms. The molecule has 1 rings (SSSR count). The molecule has 0 aliphatic rings. The van der Waals surface area contributed by atoms with Crippen LogP contribution in [-0.4, -0.2) is 33.6 Å². The van der Waals surface area contributed by atoms with Crippen molar-refractivity contribution in [3.8, 4) is 0 Å². The first-order chi connectivity index (χ1) is 8.74. The van der Waals surface area contributed by atoms with Crippen LogP contribution in [0.3, 0.4) is 0 Å². The molecule has 1 aromatic rings. The van der Waals surface area contributed by atoms with Gasteiger partial charge in [0.05, 0.1) is 13.5 Å². The van der Waals surface area contributed by atoms with Crippen molar-refractivity contribution < 1.29 is 19.0 Å². The van der Waals surface area contributed by atoms with Crippen LogP contribution in [0.5, 0.6) is 0 Å². The Balaban J connectivity index is 0. The smallest absolute Gasteiger partial charge is 0.305 e. The molecule has 106 valence electrons. The number of rotatable bonds is 5. The second-order valence-corrected chi connectivity index (χ2v) is 3.63. The maximum atomic E-state index is 10.6. The lowest BCUT2D eigenvalue weighted by atomic mass is 10.3. The number of esters is 1. The van der Waals surface area contributed by atoms with Crippen LogP contribution in [-0.2, 0) is 19.0 Å². The summed E-state index contributed by atoms with van der Waals surface area (Å²) < 4.78 is 14.2. The number of carbonyl (C=O) groups excluding carboxylic acids is 1. The van der Waals surface area contributed by atoms with Gasteiger partial charge in [-0.2, -0.15) is 11.3 Å².